The maximum atomic E-state index is 12.5. The molecule has 176 valence electrons. The van der Waals surface area contributed by atoms with E-state index in [-0.39, 0.29) is 30.3 Å². The summed E-state index contributed by atoms with van der Waals surface area (Å²) >= 11 is 0. The number of carbonyl (C=O) groups excluding carboxylic acids is 3. The van der Waals surface area contributed by atoms with Gasteiger partial charge in [0.1, 0.15) is 0 Å². The molecule has 0 saturated carbocycles. The molecule has 0 fully saturated rings. The number of rotatable bonds is 9. The molecule has 0 aromatic heterocycles. The molecule has 0 aliphatic rings. The van der Waals surface area contributed by atoms with Crippen LogP contribution in [-0.4, -0.2) is 24.3 Å². The minimum Gasteiger partial charge on any atom is -0.376 e. The topological polar surface area (TPSA) is 99.3 Å². The molecule has 3 rings (SSSR count). The van der Waals surface area contributed by atoms with E-state index in [1.165, 1.54) is 0 Å². The lowest BCUT2D eigenvalue weighted by molar-refractivity contribution is -0.116. The Morgan fingerprint density at radius 2 is 1.50 bits per heavy atom. The predicted octanol–water partition coefficient (Wildman–Crippen LogP) is 4.89. The molecule has 0 bridgehead atoms. The summed E-state index contributed by atoms with van der Waals surface area (Å²) in [7, 11) is 0. The van der Waals surface area contributed by atoms with Gasteiger partial charge >= 0.3 is 0 Å². The molecule has 0 saturated heterocycles. The monoisotopic (exact) mass is 458 g/mol. The summed E-state index contributed by atoms with van der Waals surface area (Å²) in [6.45, 7) is 5.69. The number of nitrogens with one attached hydrogen (secondary N) is 4. The second-order valence-corrected chi connectivity index (χ2v) is 8.02. The lowest BCUT2D eigenvalue weighted by atomic mass is 10.1. The van der Waals surface area contributed by atoms with E-state index in [0.29, 0.717) is 23.4 Å². The molecule has 0 heterocycles. The maximum absolute atomic E-state index is 12.5. The van der Waals surface area contributed by atoms with Crippen molar-refractivity contribution in [1.29, 1.82) is 0 Å². The van der Waals surface area contributed by atoms with Crippen LogP contribution in [0.4, 0.5) is 17.1 Å². The zero-order chi connectivity index (χ0) is 24.5. The first-order valence-corrected chi connectivity index (χ1v) is 11.3. The van der Waals surface area contributed by atoms with Crippen molar-refractivity contribution in [3.8, 4) is 0 Å². The SMILES string of the molecule is CCC(=O)Nc1cc(NCC(=O)Nc2ccc(C(=O)NC(C)c3ccccc3)cc2)ccc1C. The number of amides is 3. The average molecular weight is 459 g/mol. The molecule has 3 aromatic rings. The van der Waals surface area contributed by atoms with Gasteiger partial charge in [-0.2, -0.15) is 0 Å². The van der Waals surface area contributed by atoms with E-state index in [9.17, 15) is 14.4 Å². The number of anilines is 3. The van der Waals surface area contributed by atoms with Crippen LogP contribution in [0, 0.1) is 6.92 Å². The van der Waals surface area contributed by atoms with E-state index < -0.39 is 0 Å². The third kappa shape index (κ3) is 6.93. The van der Waals surface area contributed by atoms with E-state index >= 15 is 0 Å². The summed E-state index contributed by atoms with van der Waals surface area (Å²) in [6.07, 6.45) is 0.395. The zero-order valence-electron chi connectivity index (χ0n) is 19.6. The van der Waals surface area contributed by atoms with Crippen LogP contribution in [-0.2, 0) is 9.59 Å². The van der Waals surface area contributed by atoms with Crippen molar-refractivity contribution in [1.82, 2.24) is 5.32 Å². The minimum absolute atomic E-state index is 0.0566. The van der Waals surface area contributed by atoms with Gasteiger partial charge in [0.15, 0.2) is 0 Å². The Morgan fingerprint density at radius 3 is 2.18 bits per heavy atom. The van der Waals surface area contributed by atoms with Crippen molar-refractivity contribution in [3.63, 3.8) is 0 Å². The van der Waals surface area contributed by atoms with Gasteiger partial charge in [-0.3, -0.25) is 14.4 Å². The molecule has 3 aromatic carbocycles. The largest absolute Gasteiger partial charge is 0.376 e. The van der Waals surface area contributed by atoms with Gasteiger partial charge in [0.25, 0.3) is 5.91 Å². The average Bonchev–Trinajstić information content (AvgIpc) is 2.85. The smallest absolute Gasteiger partial charge is 0.251 e. The van der Waals surface area contributed by atoms with Crippen LogP contribution in [0.2, 0.25) is 0 Å². The highest BCUT2D eigenvalue weighted by atomic mass is 16.2. The van der Waals surface area contributed by atoms with Crippen LogP contribution < -0.4 is 21.3 Å². The van der Waals surface area contributed by atoms with Crippen molar-refractivity contribution in [3.05, 3.63) is 89.5 Å². The molecule has 34 heavy (non-hydrogen) atoms. The van der Waals surface area contributed by atoms with Gasteiger partial charge in [0.2, 0.25) is 11.8 Å². The van der Waals surface area contributed by atoms with Gasteiger partial charge < -0.3 is 21.3 Å². The van der Waals surface area contributed by atoms with E-state index in [2.05, 4.69) is 21.3 Å². The first kappa shape index (κ1) is 24.5. The Balaban J connectivity index is 1.51. The summed E-state index contributed by atoms with van der Waals surface area (Å²) in [4.78, 5) is 36.6. The van der Waals surface area contributed by atoms with Gasteiger partial charge in [-0.15, -0.1) is 0 Å². The summed E-state index contributed by atoms with van der Waals surface area (Å²) in [6, 6.07) is 21.9. The molecule has 3 amide bonds. The van der Waals surface area contributed by atoms with Crippen LogP contribution in [0.25, 0.3) is 0 Å². The number of benzene rings is 3. The van der Waals surface area contributed by atoms with Crippen LogP contribution >= 0.6 is 0 Å². The highest BCUT2D eigenvalue weighted by molar-refractivity contribution is 5.97. The fraction of sp³-hybridized carbons (Fsp3) is 0.222. The van der Waals surface area contributed by atoms with Crippen LogP contribution in [0.1, 0.15) is 47.8 Å². The van der Waals surface area contributed by atoms with E-state index in [1.807, 2.05) is 56.3 Å². The molecule has 0 spiro atoms. The molecule has 0 aliphatic heterocycles. The van der Waals surface area contributed by atoms with Crippen LogP contribution in [0.15, 0.2) is 72.8 Å². The third-order valence-corrected chi connectivity index (χ3v) is 5.36. The summed E-state index contributed by atoms with van der Waals surface area (Å²) in [5.41, 5.74) is 4.53. The second kappa shape index (κ2) is 11.7. The molecule has 0 aliphatic carbocycles. The number of hydrogen-bond acceptors (Lipinski definition) is 4. The zero-order valence-corrected chi connectivity index (χ0v) is 19.6. The maximum Gasteiger partial charge on any atom is 0.251 e. The van der Waals surface area contributed by atoms with E-state index in [1.54, 1.807) is 37.3 Å². The standard InChI is InChI=1S/C27H30N4O3/c1-4-25(32)31-24-16-23(13-10-18(24)2)28-17-26(33)30-22-14-11-21(12-15-22)27(34)29-19(3)20-8-6-5-7-9-20/h5-16,19,28H,4,17H2,1-3H3,(H,29,34)(H,30,33)(H,31,32). The van der Waals surface area contributed by atoms with Gasteiger partial charge in [-0.1, -0.05) is 43.3 Å². The Morgan fingerprint density at radius 1 is 0.824 bits per heavy atom. The lowest BCUT2D eigenvalue weighted by Crippen LogP contribution is -2.26. The predicted molar refractivity (Wildman–Crippen MR) is 136 cm³/mol. The van der Waals surface area contributed by atoms with Gasteiger partial charge in [0.05, 0.1) is 12.6 Å². The van der Waals surface area contributed by atoms with Crippen molar-refractivity contribution < 1.29 is 14.4 Å². The quantitative estimate of drug-likeness (QED) is 0.367. The molecule has 7 nitrogen and oxygen atoms in total. The number of aryl methyl sites for hydroxylation is 1. The number of carbonyl (C=O) groups is 3. The Labute approximate surface area is 200 Å². The fourth-order valence-electron chi connectivity index (χ4n) is 3.30. The summed E-state index contributed by atoms with van der Waals surface area (Å²) in [5, 5.41) is 11.7. The summed E-state index contributed by atoms with van der Waals surface area (Å²) < 4.78 is 0. The van der Waals surface area contributed by atoms with Crippen molar-refractivity contribution in [2.45, 2.75) is 33.2 Å². The van der Waals surface area contributed by atoms with Crippen LogP contribution in [0.3, 0.4) is 0 Å². The molecule has 1 unspecified atom stereocenters. The second-order valence-electron chi connectivity index (χ2n) is 8.02. The Kier molecular flexibility index (Phi) is 8.40. The lowest BCUT2D eigenvalue weighted by Gasteiger charge is -2.14. The Bertz CT molecular complexity index is 1140. The molecule has 7 heteroatoms. The minimum atomic E-state index is -0.227. The normalized spacial score (nSPS) is 11.3. The van der Waals surface area contributed by atoms with Gasteiger partial charge in [-0.05, 0) is 61.4 Å². The highest BCUT2D eigenvalue weighted by Crippen LogP contribution is 2.20. The summed E-state index contributed by atoms with van der Waals surface area (Å²) in [5.74, 6) is -0.472. The van der Waals surface area contributed by atoms with Crippen molar-refractivity contribution >= 4 is 34.8 Å². The molecule has 0 radical (unpaired) electrons. The molecule has 1 atom stereocenters. The van der Waals surface area contributed by atoms with Gasteiger partial charge in [-0.25, -0.2) is 0 Å². The molecule has 4 N–H and O–H groups in total. The van der Waals surface area contributed by atoms with E-state index in [0.717, 1.165) is 16.8 Å². The molecular weight excluding hydrogens is 428 g/mol. The van der Waals surface area contributed by atoms with E-state index in [4.69, 9.17) is 0 Å². The first-order valence-electron chi connectivity index (χ1n) is 11.3. The number of hydrogen-bond donors (Lipinski definition) is 4. The third-order valence-electron chi connectivity index (χ3n) is 5.36. The fourth-order valence-corrected chi connectivity index (χ4v) is 3.30. The van der Waals surface area contributed by atoms with Crippen LogP contribution in [0.5, 0.6) is 0 Å². The molecular formula is C27H30N4O3. The Hall–Kier alpha value is -4.13. The van der Waals surface area contributed by atoms with Crippen molar-refractivity contribution in [2.24, 2.45) is 0 Å². The van der Waals surface area contributed by atoms with Gasteiger partial charge in [0, 0.05) is 29.0 Å². The first-order chi connectivity index (χ1) is 16.4. The highest BCUT2D eigenvalue weighted by Gasteiger charge is 2.12. The van der Waals surface area contributed by atoms with Crippen molar-refractivity contribution in [2.75, 3.05) is 22.5 Å².